The van der Waals surface area contributed by atoms with E-state index in [2.05, 4.69) is 59.3 Å². The second kappa shape index (κ2) is 8.72. The van der Waals surface area contributed by atoms with Gasteiger partial charge >= 0.3 is 0 Å². The Morgan fingerprint density at radius 1 is 0.760 bits per heavy atom. The zero-order valence-electron chi connectivity index (χ0n) is 14.2. The minimum atomic E-state index is 0.543. The van der Waals surface area contributed by atoms with Crippen molar-refractivity contribution in [3.8, 4) is 22.6 Å². The number of halogens is 1. The van der Waals surface area contributed by atoms with E-state index in [4.69, 9.17) is 9.47 Å². The van der Waals surface area contributed by atoms with Crippen molar-refractivity contribution in [1.82, 2.24) is 0 Å². The molecule has 0 saturated carbocycles. The van der Waals surface area contributed by atoms with Crippen LogP contribution in [-0.2, 0) is 6.61 Å². The number of ether oxygens (including phenoxy) is 2. The molecule has 3 rings (SSSR count). The quantitative estimate of drug-likeness (QED) is 0.454. The zero-order valence-corrected chi connectivity index (χ0v) is 15.8. The maximum Gasteiger partial charge on any atom is 0.130 e. The summed E-state index contributed by atoms with van der Waals surface area (Å²) in [6.45, 7) is 3.24. The molecule has 3 heteroatoms. The van der Waals surface area contributed by atoms with Gasteiger partial charge in [0.05, 0.1) is 6.61 Å². The first kappa shape index (κ1) is 17.6. The van der Waals surface area contributed by atoms with Gasteiger partial charge in [-0.1, -0.05) is 82.7 Å². The molecule has 0 heterocycles. The van der Waals surface area contributed by atoms with Gasteiger partial charge < -0.3 is 9.47 Å². The van der Waals surface area contributed by atoms with E-state index in [9.17, 15) is 0 Å². The molecule has 0 saturated heterocycles. The molecule has 0 atom stereocenters. The van der Waals surface area contributed by atoms with Gasteiger partial charge in [0.2, 0.25) is 0 Å². The van der Waals surface area contributed by atoms with Crippen LogP contribution in [0.1, 0.15) is 11.1 Å². The lowest BCUT2D eigenvalue weighted by Crippen LogP contribution is -2.02. The van der Waals surface area contributed by atoms with Crippen molar-refractivity contribution in [2.24, 2.45) is 0 Å². The molecule has 0 amide bonds. The first-order valence-electron chi connectivity index (χ1n) is 8.34. The Balaban J connectivity index is 1.92. The van der Waals surface area contributed by atoms with Crippen LogP contribution in [0.3, 0.4) is 0 Å². The highest BCUT2D eigenvalue weighted by Gasteiger charge is 2.13. The summed E-state index contributed by atoms with van der Waals surface area (Å²) in [6, 6.07) is 24.5. The van der Waals surface area contributed by atoms with E-state index in [-0.39, 0.29) is 0 Å². The van der Waals surface area contributed by atoms with Gasteiger partial charge in [-0.2, -0.15) is 0 Å². The van der Waals surface area contributed by atoms with Crippen molar-refractivity contribution in [1.29, 1.82) is 0 Å². The Hall–Kier alpha value is -2.26. The fourth-order valence-electron chi connectivity index (χ4n) is 2.75. The number of hydrogen-bond acceptors (Lipinski definition) is 2. The van der Waals surface area contributed by atoms with Gasteiger partial charge in [0.15, 0.2) is 0 Å². The van der Waals surface area contributed by atoms with Crippen LogP contribution in [0.2, 0.25) is 0 Å². The van der Waals surface area contributed by atoms with E-state index in [0.29, 0.717) is 13.2 Å². The fraction of sp³-hybridized carbons (Fsp3) is 0.182. The van der Waals surface area contributed by atoms with Crippen molar-refractivity contribution in [2.45, 2.75) is 13.5 Å². The van der Waals surface area contributed by atoms with Crippen LogP contribution in [-0.4, -0.2) is 11.9 Å². The Labute approximate surface area is 157 Å². The molecule has 0 fully saturated rings. The van der Waals surface area contributed by atoms with Crippen molar-refractivity contribution in [3.05, 3.63) is 83.9 Å². The maximum atomic E-state index is 6.11. The van der Waals surface area contributed by atoms with E-state index in [0.717, 1.165) is 39.1 Å². The zero-order chi connectivity index (χ0) is 17.5. The largest absolute Gasteiger partial charge is 0.492 e. The lowest BCUT2D eigenvalue weighted by molar-refractivity contribution is 0.307. The average molecular weight is 397 g/mol. The standard InChI is InChI=1S/C22H21BrO2/c1-17-8-7-12-20(22(17)24-15-14-23)19-11-5-6-13-21(19)25-16-18-9-3-2-4-10-18/h2-13H,14-16H2,1H3. The molecule has 0 aliphatic rings. The third-order valence-electron chi connectivity index (χ3n) is 3.95. The highest BCUT2D eigenvalue weighted by Crippen LogP contribution is 2.38. The van der Waals surface area contributed by atoms with E-state index in [1.54, 1.807) is 0 Å². The van der Waals surface area contributed by atoms with Crippen molar-refractivity contribution in [2.75, 3.05) is 11.9 Å². The second-order valence-corrected chi connectivity index (χ2v) is 6.55. The lowest BCUT2D eigenvalue weighted by atomic mass is 10.0. The van der Waals surface area contributed by atoms with Crippen LogP contribution in [0.4, 0.5) is 0 Å². The van der Waals surface area contributed by atoms with Gasteiger partial charge in [-0.3, -0.25) is 0 Å². The van der Waals surface area contributed by atoms with Gasteiger partial charge in [0.1, 0.15) is 18.1 Å². The summed E-state index contributed by atoms with van der Waals surface area (Å²) in [6.07, 6.45) is 0. The monoisotopic (exact) mass is 396 g/mol. The normalized spacial score (nSPS) is 10.5. The summed E-state index contributed by atoms with van der Waals surface area (Å²) >= 11 is 3.43. The van der Waals surface area contributed by atoms with Crippen LogP contribution in [0, 0.1) is 6.92 Å². The van der Waals surface area contributed by atoms with Crippen molar-refractivity contribution >= 4 is 15.9 Å². The summed E-state index contributed by atoms with van der Waals surface area (Å²) in [5, 5.41) is 0.799. The highest BCUT2D eigenvalue weighted by molar-refractivity contribution is 9.09. The van der Waals surface area contributed by atoms with Crippen LogP contribution in [0.5, 0.6) is 11.5 Å². The highest BCUT2D eigenvalue weighted by atomic mass is 79.9. The molecular formula is C22H21BrO2. The molecule has 3 aromatic rings. The molecule has 0 N–H and O–H groups in total. The van der Waals surface area contributed by atoms with Crippen LogP contribution < -0.4 is 9.47 Å². The fourth-order valence-corrected chi connectivity index (χ4v) is 2.91. The predicted molar refractivity (Wildman–Crippen MR) is 107 cm³/mol. The molecule has 0 aliphatic carbocycles. The number of para-hydroxylation sites is 2. The van der Waals surface area contributed by atoms with Gasteiger partial charge in [-0.15, -0.1) is 0 Å². The molecule has 0 aromatic heterocycles. The minimum Gasteiger partial charge on any atom is -0.492 e. The molecule has 0 radical (unpaired) electrons. The predicted octanol–water partition coefficient (Wildman–Crippen LogP) is 6.01. The Bertz CT molecular complexity index is 815. The number of alkyl halides is 1. The summed E-state index contributed by atoms with van der Waals surface area (Å²) in [5.74, 6) is 1.78. The summed E-state index contributed by atoms with van der Waals surface area (Å²) in [4.78, 5) is 0. The lowest BCUT2D eigenvalue weighted by Gasteiger charge is -2.17. The molecular weight excluding hydrogens is 376 g/mol. The van der Waals surface area contributed by atoms with Gasteiger partial charge in [0.25, 0.3) is 0 Å². The molecule has 128 valence electrons. The summed E-state index contributed by atoms with van der Waals surface area (Å²) < 4.78 is 12.1. The Morgan fingerprint density at radius 2 is 1.48 bits per heavy atom. The second-order valence-electron chi connectivity index (χ2n) is 5.76. The number of aryl methyl sites for hydroxylation is 1. The Kier molecular flexibility index (Phi) is 6.13. The summed E-state index contributed by atoms with van der Waals surface area (Å²) in [5.41, 5.74) is 4.38. The van der Waals surface area contributed by atoms with Crippen molar-refractivity contribution < 1.29 is 9.47 Å². The number of hydrogen-bond donors (Lipinski definition) is 0. The Morgan fingerprint density at radius 3 is 2.28 bits per heavy atom. The van der Waals surface area contributed by atoms with E-state index in [1.165, 1.54) is 0 Å². The van der Waals surface area contributed by atoms with Gasteiger partial charge in [0, 0.05) is 16.5 Å². The smallest absolute Gasteiger partial charge is 0.130 e. The SMILES string of the molecule is Cc1cccc(-c2ccccc2OCc2ccccc2)c1OCCBr. The average Bonchev–Trinajstić information content (AvgIpc) is 2.66. The molecule has 2 nitrogen and oxygen atoms in total. The van der Waals surface area contributed by atoms with E-state index in [1.807, 2.05) is 36.4 Å². The first-order chi connectivity index (χ1) is 12.3. The maximum absolute atomic E-state index is 6.11. The van der Waals surface area contributed by atoms with Crippen molar-refractivity contribution in [3.63, 3.8) is 0 Å². The minimum absolute atomic E-state index is 0.543. The number of benzene rings is 3. The summed E-state index contributed by atoms with van der Waals surface area (Å²) in [7, 11) is 0. The molecule has 0 unspecified atom stereocenters. The molecule has 0 bridgehead atoms. The number of rotatable bonds is 7. The molecule has 25 heavy (non-hydrogen) atoms. The van der Waals surface area contributed by atoms with E-state index < -0.39 is 0 Å². The van der Waals surface area contributed by atoms with Crippen LogP contribution >= 0.6 is 15.9 Å². The molecule has 3 aromatic carbocycles. The third-order valence-corrected chi connectivity index (χ3v) is 4.27. The molecule has 0 spiro atoms. The first-order valence-corrected chi connectivity index (χ1v) is 9.46. The third kappa shape index (κ3) is 4.43. The van der Waals surface area contributed by atoms with Gasteiger partial charge in [-0.05, 0) is 24.1 Å². The van der Waals surface area contributed by atoms with Crippen LogP contribution in [0.15, 0.2) is 72.8 Å². The van der Waals surface area contributed by atoms with Gasteiger partial charge in [-0.25, -0.2) is 0 Å². The van der Waals surface area contributed by atoms with Crippen LogP contribution in [0.25, 0.3) is 11.1 Å². The van der Waals surface area contributed by atoms with E-state index >= 15 is 0 Å². The topological polar surface area (TPSA) is 18.5 Å². The molecule has 0 aliphatic heterocycles.